The minimum Gasteiger partial charge on any atom is -0.481 e. The van der Waals surface area contributed by atoms with Gasteiger partial charge in [-0.2, -0.15) is 0 Å². The van der Waals surface area contributed by atoms with Gasteiger partial charge in [-0.25, -0.2) is 4.79 Å². The first-order valence-electron chi connectivity index (χ1n) is 7.93. The van der Waals surface area contributed by atoms with Crippen LogP contribution in [0, 0.1) is 5.41 Å². The Balaban J connectivity index is 1.81. The zero-order valence-electron chi connectivity index (χ0n) is 12.5. The number of nitrogens with zero attached hydrogens (tertiary/aromatic N) is 1. The van der Waals surface area contributed by atoms with Crippen molar-refractivity contribution in [1.82, 2.24) is 10.2 Å². The van der Waals surface area contributed by atoms with Crippen molar-refractivity contribution in [3.05, 3.63) is 0 Å². The number of nitrogens with one attached hydrogen (secondary N) is 1. The van der Waals surface area contributed by atoms with Crippen molar-refractivity contribution in [2.75, 3.05) is 19.7 Å². The Bertz CT molecular complexity index is 382. The van der Waals surface area contributed by atoms with Crippen LogP contribution in [-0.4, -0.2) is 52.9 Å². The maximum Gasteiger partial charge on any atom is 0.317 e. The molecule has 1 unspecified atom stereocenters. The van der Waals surface area contributed by atoms with Gasteiger partial charge < -0.3 is 20.4 Å². The molecule has 0 aromatic heterocycles. The van der Waals surface area contributed by atoms with Crippen LogP contribution < -0.4 is 5.32 Å². The monoisotopic (exact) mass is 298 g/mol. The number of aliphatic carboxylic acids is 1. The maximum absolute atomic E-state index is 12.3. The fraction of sp³-hybridized carbons (Fsp3) is 0.867. The average molecular weight is 298 g/mol. The summed E-state index contributed by atoms with van der Waals surface area (Å²) in [5.74, 6) is -0.786. The van der Waals surface area contributed by atoms with E-state index < -0.39 is 5.97 Å². The second kappa shape index (κ2) is 7.11. The smallest absolute Gasteiger partial charge is 0.317 e. The van der Waals surface area contributed by atoms with Gasteiger partial charge >= 0.3 is 12.0 Å². The fourth-order valence-corrected chi connectivity index (χ4v) is 3.51. The highest BCUT2D eigenvalue weighted by molar-refractivity contribution is 5.75. The first-order chi connectivity index (χ1) is 10.1. The first kappa shape index (κ1) is 16.1. The number of hydrogen-bond acceptors (Lipinski definition) is 3. The minimum atomic E-state index is -0.786. The number of likely N-dealkylation sites (tertiary alicyclic amines) is 1. The number of rotatable bonds is 7. The molecule has 0 aromatic carbocycles. The molecule has 0 aromatic rings. The number of carbonyl (C=O) groups is 2. The van der Waals surface area contributed by atoms with Gasteiger partial charge in [0, 0.05) is 25.7 Å². The molecule has 2 fully saturated rings. The van der Waals surface area contributed by atoms with Crippen molar-refractivity contribution in [2.24, 2.45) is 5.41 Å². The Kier molecular flexibility index (Phi) is 5.45. The van der Waals surface area contributed by atoms with Crippen LogP contribution in [0.1, 0.15) is 51.4 Å². The van der Waals surface area contributed by atoms with E-state index in [0.717, 1.165) is 51.5 Å². The van der Waals surface area contributed by atoms with Crippen molar-refractivity contribution in [2.45, 2.75) is 57.4 Å². The van der Waals surface area contributed by atoms with Gasteiger partial charge in [-0.05, 0) is 43.9 Å². The average Bonchev–Trinajstić information content (AvgIpc) is 2.87. The zero-order valence-corrected chi connectivity index (χ0v) is 12.5. The lowest BCUT2D eigenvalue weighted by Crippen LogP contribution is -2.49. The van der Waals surface area contributed by atoms with Crippen molar-refractivity contribution < 1.29 is 19.8 Å². The lowest BCUT2D eigenvalue weighted by molar-refractivity contribution is -0.141. The molecule has 3 N–H and O–H groups in total. The predicted molar refractivity (Wildman–Crippen MR) is 78.0 cm³/mol. The highest BCUT2D eigenvalue weighted by Gasteiger charge is 2.40. The topological polar surface area (TPSA) is 89.9 Å². The second-order valence-corrected chi connectivity index (χ2v) is 6.44. The summed E-state index contributed by atoms with van der Waals surface area (Å²) in [5, 5.41) is 20.8. The largest absolute Gasteiger partial charge is 0.481 e. The summed E-state index contributed by atoms with van der Waals surface area (Å²) in [7, 11) is 0. The number of hydrogen-bond donors (Lipinski definition) is 3. The summed E-state index contributed by atoms with van der Waals surface area (Å²) in [4.78, 5) is 25.1. The van der Waals surface area contributed by atoms with Crippen LogP contribution in [0.2, 0.25) is 0 Å². The normalized spacial score (nSPS) is 23.7. The molecule has 1 heterocycles. The minimum absolute atomic E-state index is 0.0768. The van der Waals surface area contributed by atoms with Crippen molar-refractivity contribution in [3.63, 3.8) is 0 Å². The molecular formula is C15H26N2O4. The van der Waals surface area contributed by atoms with Crippen LogP contribution in [0.5, 0.6) is 0 Å². The fourth-order valence-electron chi connectivity index (χ4n) is 3.51. The van der Waals surface area contributed by atoms with E-state index in [0.29, 0.717) is 6.54 Å². The molecule has 21 heavy (non-hydrogen) atoms. The second-order valence-electron chi connectivity index (χ2n) is 6.44. The quantitative estimate of drug-likeness (QED) is 0.665. The van der Waals surface area contributed by atoms with E-state index in [9.17, 15) is 9.59 Å². The molecule has 2 aliphatic rings. The van der Waals surface area contributed by atoms with E-state index in [1.807, 2.05) is 4.90 Å². The standard InChI is InChI=1S/C15H26N2O4/c18-9-2-5-12-4-1-8-17(12)14(21)16-11-15(6-3-7-15)10-13(19)20/h12,18H,1-11H2,(H,16,21)(H,19,20). The van der Waals surface area contributed by atoms with E-state index in [4.69, 9.17) is 10.2 Å². The third-order valence-corrected chi connectivity index (χ3v) is 4.89. The third kappa shape index (κ3) is 4.09. The molecule has 1 aliphatic heterocycles. The number of aliphatic hydroxyl groups is 1. The molecule has 0 spiro atoms. The molecule has 2 rings (SSSR count). The van der Waals surface area contributed by atoms with Crippen LogP contribution in [-0.2, 0) is 4.79 Å². The van der Waals surface area contributed by atoms with Crippen LogP contribution in [0.4, 0.5) is 4.79 Å². The van der Waals surface area contributed by atoms with Crippen LogP contribution in [0.3, 0.4) is 0 Å². The molecule has 0 bridgehead atoms. The lowest BCUT2D eigenvalue weighted by atomic mass is 9.66. The molecule has 2 amide bonds. The summed E-state index contributed by atoms with van der Waals surface area (Å²) in [6.45, 7) is 1.38. The van der Waals surface area contributed by atoms with Gasteiger partial charge in [-0.1, -0.05) is 6.42 Å². The zero-order chi connectivity index (χ0) is 15.3. The summed E-state index contributed by atoms with van der Waals surface area (Å²) in [6, 6.07) is 0.140. The van der Waals surface area contributed by atoms with Crippen LogP contribution in [0.25, 0.3) is 0 Å². The highest BCUT2D eigenvalue weighted by Crippen LogP contribution is 2.43. The Labute approximate surface area is 125 Å². The first-order valence-corrected chi connectivity index (χ1v) is 7.93. The van der Waals surface area contributed by atoms with E-state index >= 15 is 0 Å². The third-order valence-electron chi connectivity index (χ3n) is 4.89. The Hall–Kier alpha value is -1.30. The van der Waals surface area contributed by atoms with Crippen LogP contribution >= 0.6 is 0 Å². The molecule has 1 saturated heterocycles. The highest BCUT2D eigenvalue weighted by atomic mass is 16.4. The number of amides is 2. The molecule has 6 nitrogen and oxygen atoms in total. The van der Waals surface area contributed by atoms with E-state index in [-0.39, 0.29) is 30.5 Å². The van der Waals surface area contributed by atoms with E-state index in [2.05, 4.69) is 5.32 Å². The molecule has 1 saturated carbocycles. The SMILES string of the molecule is O=C(O)CC1(CNC(=O)N2CCCC2CCCO)CCC1. The molecular weight excluding hydrogens is 272 g/mol. The molecule has 1 aliphatic carbocycles. The Morgan fingerprint density at radius 2 is 2.05 bits per heavy atom. The Morgan fingerprint density at radius 1 is 1.29 bits per heavy atom. The Morgan fingerprint density at radius 3 is 2.62 bits per heavy atom. The van der Waals surface area contributed by atoms with Crippen molar-refractivity contribution >= 4 is 12.0 Å². The number of aliphatic hydroxyl groups excluding tert-OH is 1. The summed E-state index contributed by atoms with van der Waals surface area (Å²) in [6.07, 6.45) is 6.51. The molecule has 120 valence electrons. The lowest BCUT2D eigenvalue weighted by Gasteiger charge is -2.41. The summed E-state index contributed by atoms with van der Waals surface area (Å²) < 4.78 is 0. The van der Waals surface area contributed by atoms with Gasteiger partial charge in [-0.3, -0.25) is 4.79 Å². The van der Waals surface area contributed by atoms with Crippen molar-refractivity contribution in [3.8, 4) is 0 Å². The van der Waals surface area contributed by atoms with Gasteiger partial charge in [-0.15, -0.1) is 0 Å². The number of carboxylic acids is 1. The van der Waals surface area contributed by atoms with E-state index in [1.165, 1.54) is 0 Å². The van der Waals surface area contributed by atoms with Gasteiger partial charge in [0.15, 0.2) is 0 Å². The van der Waals surface area contributed by atoms with Gasteiger partial charge in [0.05, 0.1) is 6.42 Å². The molecule has 1 atom stereocenters. The summed E-state index contributed by atoms with van der Waals surface area (Å²) >= 11 is 0. The predicted octanol–water partition coefficient (Wildman–Crippen LogP) is 1.58. The maximum atomic E-state index is 12.3. The van der Waals surface area contributed by atoms with Crippen LogP contribution in [0.15, 0.2) is 0 Å². The summed E-state index contributed by atoms with van der Waals surface area (Å²) in [5.41, 5.74) is -0.234. The van der Waals surface area contributed by atoms with Crippen molar-refractivity contribution in [1.29, 1.82) is 0 Å². The molecule has 0 radical (unpaired) electrons. The van der Waals surface area contributed by atoms with Gasteiger partial charge in [0.25, 0.3) is 0 Å². The van der Waals surface area contributed by atoms with E-state index in [1.54, 1.807) is 0 Å². The number of carboxylic acid groups (broad SMARTS) is 1. The van der Waals surface area contributed by atoms with Gasteiger partial charge in [0.2, 0.25) is 0 Å². The molecule has 6 heteroatoms. The van der Waals surface area contributed by atoms with Gasteiger partial charge in [0.1, 0.15) is 0 Å². The number of urea groups is 1. The number of carbonyl (C=O) groups excluding carboxylic acids is 1.